The van der Waals surface area contributed by atoms with Gasteiger partial charge >= 0.3 is 6.18 Å². The molecule has 0 fully saturated rings. The highest BCUT2D eigenvalue weighted by molar-refractivity contribution is 6.04. The number of hydrogen-bond donors (Lipinski definition) is 1. The van der Waals surface area contributed by atoms with Gasteiger partial charge in [-0.2, -0.15) is 18.3 Å². The number of benzene rings is 2. The summed E-state index contributed by atoms with van der Waals surface area (Å²) in [6.07, 6.45) is -1.46. The number of anilines is 1. The number of aromatic nitrogens is 2. The number of hydrogen-bond acceptors (Lipinski definition) is 3. The lowest BCUT2D eigenvalue weighted by molar-refractivity contribution is -0.137. The molecule has 0 radical (unpaired) electrons. The van der Waals surface area contributed by atoms with Crippen molar-refractivity contribution in [3.63, 3.8) is 0 Å². The molecule has 0 saturated carbocycles. The Morgan fingerprint density at radius 2 is 1.96 bits per heavy atom. The Bertz CT molecular complexity index is 951. The normalized spacial score (nSPS) is 11.3. The van der Waals surface area contributed by atoms with Crippen molar-refractivity contribution in [2.24, 2.45) is 0 Å². The van der Waals surface area contributed by atoms with E-state index in [0.29, 0.717) is 12.2 Å². The fourth-order valence-electron chi connectivity index (χ4n) is 2.51. The van der Waals surface area contributed by atoms with E-state index >= 15 is 0 Å². The van der Waals surface area contributed by atoms with E-state index in [-0.39, 0.29) is 5.56 Å². The summed E-state index contributed by atoms with van der Waals surface area (Å²) in [5, 5.41) is 6.70. The molecule has 0 aliphatic rings. The number of carbonyl (C=O) groups excluding carboxylic acids is 1. The molecule has 3 rings (SSSR count). The maximum Gasteiger partial charge on any atom is 0.416 e. The molecule has 1 aromatic heterocycles. The Morgan fingerprint density at radius 3 is 2.70 bits per heavy atom. The molecule has 1 N–H and O–H groups in total. The Balaban J connectivity index is 1.69. The van der Waals surface area contributed by atoms with Gasteiger partial charge in [-0.1, -0.05) is 18.2 Å². The Hall–Kier alpha value is -3.29. The Kier molecular flexibility index (Phi) is 5.16. The lowest BCUT2D eigenvalue weighted by Crippen LogP contribution is -2.13. The molecule has 0 aliphatic heterocycles. The topological polar surface area (TPSA) is 56.1 Å². The average molecular weight is 375 g/mol. The van der Waals surface area contributed by atoms with Crippen molar-refractivity contribution in [1.82, 2.24) is 9.78 Å². The zero-order valence-corrected chi connectivity index (χ0v) is 14.3. The third kappa shape index (κ3) is 4.66. The lowest BCUT2D eigenvalue weighted by Gasteiger charge is -2.08. The molecule has 0 saturated heterocycles. The molecule has 140 valence electrons. The first-order chi connectivity index (χ1) is 12.8. The van der Waals surface area contributed by atoms with Crippen molar-refractivity contribution in [2.45, 2.75) is 12.7 Å². The van der Waals surface area contributed by atoms with Crippen molar-refractivity contribution in [3.05, 3.63) is 77.6 Å². The van der Waals surface area contributed by atoms with Crippen LogP contribution in [-0.4, -0.2) is 22.8 Å². The number of amides is 1. The van der Waals surface area contributed by atoms with E-state index in [9.17, 15) is 18.0 Å². The van der Waals surface area contributed by atoms with Crippen molar-refractivity contribution >= 4 is 11.6 Å². The van der Waals surface area contributed by atoms with Crippen LogP contribution in [0.1, 0.15) is 21.5 Å². The number of ether oxygens (including phenoxy) is 1. The first-order valence-corrected chi connectivity index (χ1v) is 7.99. The Morgan fingerprint density at radius 1 is 1.19 bits per heavy atom. The summed E-state index contributed by atoms with van der Waals surface area (Å²) >= 11 is 0. The minimum absolute atomic E-state index is 0.0784. The van der Waals surface area contributed by atoms with E-state index in [1.807, 2.05) is 24.3 Å². The predicted molar refractivity (Wildman–Crippen MR) is 93.7 cm³/mol. The van der Waals surface area contributed by atoms with Crippen LogP contribution >= 0.6 is 0 Å². The van der Waals surface area contributed by atoms with E-state index in [2.05, 4.69) is 10.4 Å². The first kappa shape index (κ1) is 18.5. The van der Waals surface area contributed by atoms with E-state index in [1.54, 1.807) is 18.0 Å². The van der Waals surface area contributed by atoms with Gasteiger partial charge in [0, 0.05) is 11.8 Å². The van der Waals surface area contributed by atoms with E-state index < -0.39 is 17.6 Å². The number of halogens is 3. The van der Waals surface area contributed by atoms with Gasteiger partial charge in [0.25, 0.3) is 5.91 Å². The van der Waals surface area contributed by atoms with Crippen LogP contribution in [0, 0.1) is 0 Å². The van der Waals surface area contributed by atoms with Crippen LogP contribution in [0.5, 0.6) is 5.75 Å². The molecule has 1 amide bonds. The fourth-order valence-corrected chi connectivity index (χ4v) is 2.51. The highest BCUT2D eigenvalue weighted by Crippen LogP contribution is 2.29. The molecule has 5 nitrogen and oxygen atoms in total. The molecule has 0 aliphatic carbocycles. The van der Waals surface area contributed by atoms with Crippen molar-refractivity contribution in [2.75, 3.05) is 12.4 Å². The quantitative estimate of drug-likeness (QED) is 0.727. The molecule has 3 aromatic rings. The van der Waals surface area contributed by atoms with Crippen molar-refractivity contribution < 1.29 is 22.7 Å². The predicted octanol–water partition coefficient (Wildman–Crippen LogP) is 4.21. The number of alkyl halides is 3. The van der Waals surface area contributed by atoms with Gasteiger partial charge in [-0.05, 0) is 35.9 Å². The van der Waals surface area contributed by atoms with E-state index in [0.717, 1.165) is 23.4 Å². The second-order valence-corrected chi connectivity index (χ2v) is 5.81. The number of methoxy groups -OCH3 is 1. The number of nitrogens with zero attached hydrogens (tertiary/aromatic N) is 2. The van der Waals surface area contributed by atoms with Crippen LogP contribution in [0.4, 0.5) is 18.9 Å². The molecule has 8 heteroatoms. The molecule has 0 atom stereocenters. The summed E-state index contributed by atoms with van der Waals surface area (Å²) < 4.78 is 45.1. The van der Waals surface area contributed by atoms with Crippen molar-refractivity contribution in [1.29, 1.82) is 0 Å². The van der Waals surface area contributed by atoms with E-state index in [4.69, 9.17) is 4.74 Å². The number of carbonyl (C=O) groups is 1. The van der Waals surface area contributed by atoms with Gasteiger partial charge in [0.15, 0.2) is 0 Å². The van der Waals surface area contributed by atoms with Gasteiger partial charge in [0.2, 0.25) is 0 Å². The fraction of sp³-hybridized carbons (Fsp3) is 0.158. The molecule has 27 heavy (non-hydrogen) atoms. The number of nitrogens with one attached hydrogen (secondary N) is 1. The second kappa shape index (κ2) is 7.53. The third-order valence-electron chi connectivity index (χ3n) is 3.82. The average Bonchev–Trinajstić information content (AvgIpc) is 3.08. The third-order valence-corrected chi connectivity index (χ3v) is 3.82. The van der Waals surface area contributed by atoms with E-state index in [1.165, 1.54) is 18.3 Å². The van der Waals surface area contributed by atoms with Gasteiger partial charge in [-0.15, -0.1) is 0 Å². The smallest absolute Gasteiger partial charge is 0.416 e. The standard InChI is InChI=1S/C19H16F3N3O2/c1-27-17-7-2-4-13(8-17)11-25-12-16(10-23-25)24-18(26)14-5-3-6-15(9-14)19(20,21)22/h2-10,12H,11H2,1H3,(H,24,26). The van der Waals surface area contributed by atoms with Gasteiger partial charge in [-0.25, -0.2) is 0 Å². The van der Waals surface area contributed by atoms with Crippen LogP contribution in [0.25, 0.3) is 0 Å². The summed E-state index contributed by atoms with van der Waals surface area (Å²) in [6, 6.07) is 11.7. The summed E-state index contributed by atoms with van der Waals surface area (Å²) in [6.45, 7) is 0.455. The largest absolute Gasteiger partial charge is 0.497 e. The van der Waals surface area contributed by atoms with Crippen LogP contribution in [0.2, 0.25) is 0 Å². The summed E-state index contributed by atoms with van der Waals surface area (Å²) in [7, 11) is 1.58. The molecular weight excluding hydrogens is 359 g/mol. The van der Waals surface area contributed by atoms with Crippen molar-refractivity contribution in [3.8, 4) is 5.75 Å². The summed E-state index contributed by atoms with van der Waals surface area (Å²) in [5.74, 6) is 0.0831. The first-order valence-electron chi connectivity index (χ1n) is 7.99. The van der Waals surface area contributed by atoms with Gasteiger partial charge in [0.1, 0.15) is 5.75 Å². The molecule has 1 heterocycles. The molecule has 0 bridgehead atoms. The minimum Gasteiger partial charge on any atom is -0.497 e. The number of rotatable bonds is 5. The Labute approximate surface area is 153 Å². The van der Waals surface area contributed by atoms with Crippen LogP contribution in [0.15, 0.2) is 60.9 Å². The minimum atomic E-state index is -4.50. The highest BCUT2D eigenvalue weighted by Gasteiger charge is 2.30. The maximum absolute atomic E-state index is 12.8. The lowest BCUT2D eigenvalue weighted by atomic mass is 10.1. The molecule has 0 unspecified atom stereocenters. The highest BCUT2D eigenvalue weighted by atomic mass is 19.4. The van der Waals surface area contributed by atoms with Crippen LogP contribution < -0.4 is 10.1 Å². The van der Waals surface area contributed by atoms with Gasteiger partial charge < -0.3 is 10.1 Å². The summed E-state index contributed by atoms with van der Waals surface area (Å²) in [4.78, 5) is 12.2. The summed E-state index contributed by atoms with van der Waals surface area (Å²) in [5.41, 5.74) is 0.391. The molecular formula is C19H16F3N3O2. The van der Waals surface area contributed by atoms with Gasteiger partial charge in [0.05, 0.1) is 31.1 Å². The van der Waals surface area contributed by atoms with Crippen LogP contribution in [-0.2, 0) is 12.7 Å². The molecule has 0 spiro atoms. The SMILES string of the molecule is COc1cccc(Cn2cc(NC(=O)c3cccc(C(F)(F)F)c3)cn2)c1. The molecule has 2 aromatic carbocycles. The van der Waals surface area contributed by atoms with Crippen LogP contribution in [0.3, 0.4) is 0 Å². The monoisotopic (exact) mass is 375 g/mol. The zero-order chi connectivity index (χ0) is 19.4. The van der Waals surface area contributed by atoms with Gasteiger partial charge in [-0.3, -0.25) is 9.48 Å². The second-order valence-electron chi connectivity index (χ2n) is 5.81. The maximum atomic E-state index is 12.8. The zero-order valence-electron chi connectivity index (χ0n) is 14.3.